The van der Waals surface area contributed by atoms with Gasteiger partial charge in [0.25, 0.3) is 0 Å². The molecular formula is C22H19F4N7O3. The lowest BCUT2D eigenvalue weighted by Crippen LogP contribution is -2.55. The predicted molar refractivity (Wildman–Crippen MR) is 114 cm³/mol. The third kappa shape index (κ3) is 4.29. The van der Waals surface area contributed by atoms with Gasteiger partial charge in [-0.25, -0.2) is 32.3 Å². The van der Waals surface area contributed by atoms with E-state index in [2.05, 4.69) is 20.4 Å². The Labute approximate surface area is 201 Å². The number of hydrogen-bond donors (Lipinski definition) is 1. The largest absolute Gasteiger partial charge is 0.458 e. The molecule has 1 aromatic carbocycles. The van der Waals surface area contributed by atoms with E-state index < -0.39 is 47.6 Å². The van der Waals surface area contributed by atoms with Crippen molar-refractivity contribution in [1.82, 2.24) is 29.5 Å². The van der Waals surface area contributed by atoms with Crippen LogP contribution in [-0.2, 0) is 11.3 Å². The first kappa shape index (κ1) is 23.5. The maximum absolute atomic E-state index is 13.7. The third-order valence-corrected chi connectivity index (χ3v) is 5.95. The van der Waals surface area contributed by atoms with Crippen molar-refractivity contribution in [1.29, 1.82) is 0 Å². The van der Waals surface area contributed by atoms with E-state index in [0.717, 1.165) is 12.4 Å². The lowest BCUT2D eigenvalue weighted by molar-refractivity contribution is -0.134. The van der Waals surface area contributed by atoms with Crippen molar-refractivity contribution < 1.29 is 31.9 Å². The van der Waals surface area contributed by atoms with E-state index in [0.29, 0.717) is 24.4 Å². The Morgan fingerprint density at radius 2 is 1.81 bits per heavy atom. The van der Waals surface area contributed by atoms with E-state index in [9.17, 15) is 27.2 Å². The molecule has 2 aromatic heterocycles. The van der Waals surface area contributed by atoms with Crippen LogP contribution >= 0.6 is 0 Å². The van der Waals surface area contributed by atoms with Crippen molar-refractivity contribution in [2.75, 3.05) is 11.9 Å². The van der Waals surface area contributed by atoms with Gasteiger partial charge in [0.2, 0.25) is 5.91 Å². The Morgan fingerprint density at radius 3 is 2.50 bits per heavy atom. The minimum absolute atomic E-state index is 0.0473. The highest BCUT2D eigenvalue weighted by Gasteiger charge is 2.45. The molecule has 2 aliphatic heterocycles. The molecule has 14 heteroatoms. The summed E-state index contributed by atoms with van der Waals surface area (Å²) in [7, 11) is 0. The van der Waals surface area contributed by atoms with Crippen LogP contribution in [0.2, 0.25) is 0 Å². The monoisotopic (exact) mass is 505 g/mol. The molecule has 1 fully saturated rings. The number of ether oxygens (including phenoxy) is 1. The molecule has 1 saturated heterocycles. The highest BCUT2D eigenvalue weighted by atomic mass is 19.2. The van der Waals surface area contributed by atoms with E-state index in [4.69, 9.17) is 4.74 Å². The average molecular weight is 505 g/mol. The second-order valence-corrected chi connectivity index (χ2v) is 8.43. The Balaban J connectivity index is 1.42. The summed E-state index contributed by atoms with van der Waals surface area (Å²) in [5.41, 5.74) is 0.246. The zero-order valence-electron chi connectivity index (χ0n) is 18.7. The molecular weight excluding hydrogens is 486 g/mol. The summed E-state index contributed by atoms with van der Waals surface area (Å²) < 4.78 is 61.1. The van der Waals surface area contributed by atoms with Gasteiger partial charge >= 0.3 is 12.0 Å². The number of amides is 3. The fourth-order valence-corrected chi connectivity index (χ4v) is 4.40. The first-order chi connectivity index (χ1) is 17.2. The molecule has 0 bridgehead atoms. The fourth-order valence-electron chi connectivity index (χ4n) is 4.40. The number of carbonyl (C=O) groups is 2. The van der Waals surface area contributed by atoms with E-state index >= 15 is 0 Å². The molecule has 3 atom stereocenters. The van der Waals surface area contributed by atoms with Crippen molar-refractivity contribution in [3.8, 4) is 6.01 Å². The molecule has 5 rings (SSSR count). The van der Waals surface area contributed by atoms with Gasteiger partial charge in [0.15, 0.2) is 29.4 Å². The molecule has 0 spiro atoms. The van der Waals surface area contributed by atoms with E-state index in [1.165, 1.54) is 16.0 Å². The highest BCUT2D eigenvalue weighted by Crippen LogP contribution is 2.36. The molecule has 0 aliphatic carbocycles. The number of nitrogens with one attached hydrogen (secondary N) is 1. The molecule has 0 radical (unpaired) electrons. The molecule has 2 aliphatic rings. The molecule has 3 amide bonds. The van der Waals surface area contributed by atoms with Gasteiger partial charge in [-0.1, -0.05) is 0 Å². The van der Waals surface area contributed by atoms with Crippen LogP contribution in [0.4, 0.5) is 28.0 Å². The molecule has 188 valence electrons. The van der Waals surface area contributed by atoms with Crippen molar-refractivity contribution in [2.45, 2.75) is 38.2 Å². The van der Waals surface area contributed by atoms with Crippen LogP contribution in [0.5, 0.6) is 6.01 Å². The molecule has 36 heavy (non-hydrogen) atoms. The number of carbonyl (C=O) groups excluding carboxylic acids is 2. The van der Waals surface area contributed by atoms with Gasteiger partial charge in [0.1, 0.15) is 6.10 Å². The first-order valence-corrected chi connectivity index (χ1v) is 10.9. The molecule has 0 saturated carbocycles. The topological polar surface area (TPSA) is 105 Å². The van der Waals surface area contributed by atoms with E-state index in [1.807, 2.05) is 0 Å². The highest BCUT2D eigenvalue weighted by molar-refractivity contribution is 5.90. The Morgan fingerprint density at radius 1 is 1.11 bits per heavy atom. The van der Waals surface area contributed by atoms with Gasteiger partial charge in [0, 0.05) is 24.0 Å². The van der Waals surface area contributed by atoms with Crippen LogP contribution in [0.1, 0.15) is 25.2 Å². The van der Waals surface area contributed by atoms with Crippen LogP contribution in [0, 0.1) is 23.3 Å². The maximum atomic E-state index is 13.7. The summed E-state index contributed by atoms with van der Waals surface area (Å²) in [5.74, 6) is -5.54. The summed E-state index contributed by atoms with van der Waals surface area (Å²) in [6, 6.07) is 1.62. The van der Waals surface area contributed by atoms with E-state index in [-0.39, 0.29) is 30.6 Å². The number of rotatable bonds is 4. The van der Waals surface area contributed by atoms with Crippen LogP contribution in [0.3, 0.4) is 0 Å². The zero-order valence-corrected chi connectivity index (χ0v) is 18.7. The second kappa shape index (κ2) is 9.09. The van der Waals surface area contributed by atoms with Gasteiger partial charge < -0.3 is 15.0 Å². The fraction of sp³-hybridized carbons (Fsp3) is 0.318. The lowest BCUT2D eigenvalue weighted by Gasteiger charge is -2.44. The Kier molecular flexibility index (Phi) is 5.94. The zero-order chi connectivity index (χ0) is 25.6. The average Bonchev–Trinajstić information content (AvgIpc) is 3.43. The summed E-state index contributed by atoms with van der Waals surface area (Å²) in [6.45, 7) is 2.07. The van der Waals surface area contributed by atoms with Gasteiger partial charge in [-0.2, -0.15) is 5.10 Å². The minimum atomic E-state index is -1.65. The number of halogens is 4. The van der Waals surface area contributed by atoms with Crippen molar-refractivity contribution in [3.63, 3.8) is 0 Å². The SMILES string of the molecule is CC1Cn2nccc2C(N2C[C@@H](Oc3ncc(F)cn3)CC2=O)N1C(=O)Nc1cc(F)c(F)c(F)c1. The summed E-state index contributed by atoms with van der Waals surface area (Å²) in [4.78, 5) is 36.6. The molecule has 3 aromatic rings. The molecule has 4 heterocycles. The summed E-state index contributed by atoms with van der Waals surface area (Å²) in [5, 5.41) is 6.64. The maximum Gasteiger partial charge on any atom is 0.324 e. The Hall–Kier alpha value is -4.23. The minimum Gasteiger partial charge on any atom is -0.458 e. The summed E-state index contributed by atoms with van der Waals surface area (Å²) >= 11 is 0. The molecule has 10 nitrogen and oxygen atoms in total. The lowest BCUT2D eigenvalue weighted by atomic mass is 10.1. The number of hydrogen-bond acceptors (Lipinski definition) is 6. The van der Waals surface area contributed by atoms with Crippen LogP contribution in [-0.4, -0.2) is 60.2 Å². The number of anilines is 1. The predicted octanol–water partition coefficient (Wildman–Crippen LogP) is 2.84. The number of benzene rings is 1. The number of nitrogens with zero attached hydrogens (tertiary/aromatic N) is 6. The van der Waals surface area contributed by atoms with Crippen molar-refractivity contribution in [2.24, 2.45) is 0 Å². The first-order valence-electron chi connectivity index (χ1n) is 10.9. The van der Waals surface area contributed by atoms with Gasteiger partial charge in [-0.05, 0) is 13.0 Å². The van der Waals surface area contributed by atoms with Crippen LogP contribution in [0.15, 0.2) is 36.8 Å². The van der Waals surface area contributed by atoms with Gasteiger partial charge in [0.05, 0.1) is 43.6 Å². The van der Waals surface area contributed by atoms with Gasteiger partial charge in [-0.15, -0.1) is 0 Å². The van der Waals surface area contributed by atoms with Gasteiger partial charge in [-0.3, -0.25) is 14.4 Å². The summed E-state index contributed by atoms with van der Waals surface area (Å²) in [6.07, 6.45) is 1.74. The standard InChI is InChI=1S/C22H19F4N7O3/c1-11-9-32-17(2-3-29-32)20(33(11)22(35)30-13-4-15(24)19(26)16(25)5-13)31-10-14(6-18(31)34)36-21-27-7-12(23)8-28-21/h2-5,7-8,11,14,20H,6,9-10H2,1H3,(H,30,35)/t11?,14-,20?/m0/s1. The van der Waals surface area contributed by atoms with Crippen molar-refractivity contribution >= 4 is 17.6 Å². The number of aromatic nitrogens is 4. The quantitative estimate of drug-likeness (QED) is 0.432. The normalized spacial score (nSPS) is 21.5. The van der Waals surface area contributed by atoms with Crippen LogP contribution < -0.4 is 10.1 Å². The van der Waals surface area contributed by atoms with Crippen molar-refractivity contribution in [3.05, 3.63) is 65.8 Å². The second-order valence-electron chi connectivity index (χ2n) is 8.43. The number of urea groups is 1. The third-order valence-electron chi connectivity index (χ3n) is 5.95. The number of fused-ring (bicyclic) bond motifs is 1. The molecule has 1 N–H and O–H groups in total. The van der Waals surface area contributed by atoms with E-state index in [1.54, 1.807) is 17.7 Å². The molecule has 2 unspecified atom stereocenters. The number of likely N-dealkylation sites (tertiary alicyclic amines) is 1. The smallest absolute Gasteiger partial charge is 0.324 e. The van der Waals surface area contributed by atoms with Crippen LogP contribution in [0.25, 0.3) is 0 Å². The Bertz CT molecular complexity index is 1300.